The summed E-state index contributed by atoms with van der Waals surface area (Å²) in [4.78, 5) is 24.9. The molecule has 0 saturated carbocycles. The second-order valence-corrected chi connectivity index (χ2v) is 7.72. The topological polar surface area (TPSA) is 68.5 Å². The Hall–Kier alpha value is -3.08. The van der Waals surface area contributed by atoms with Crippen LogP contribution in [0.25, 0.3) is 11.0 Å². The number of hydrogen-bond donors (Lipinski definition) is 1. The maximum atomic E-state index is 12.5. The van der Waals surface area contributed by atoms with Gasteiger partial charge in [-0.05, 0) is 63.8 Å². The third-order valence-electron chi connectivity index (χ3n) is 5.28. The highest BCUT2D eigenvalue weighted by Crippen LogP contribution is 2.27. The predicted octanol–water partition coefficient (Wildman–Crippen LogP) is 5.09. The number of esters is 1. The summed E-state index contributed by atoms with van der Waals surface area (Å²) in [7, 11) is 0. The Morgan fingerprint density at radius 2 is 1.69 bits per heavy atom. The van der Waals surface area contributed by atoms with Crippen LogP contribution in [-0.2, 0) is 20.7 Å². The van der Waals surface area contributed by atoms with Crippen molar-refractivity contribution in [1.82, 2.24) is 0 Å². The van der Waals surface area contributed by atoms with Crippen LogP contribution in [0.3, 0.4) is 0 Å². The molecule has 0 radical (unpaired) electrons. The molecule has 0 spiro atoms. The van der Waals surface area contributed by atoms with Gasteiger partial charge in [-0.15, -0.1) is 0 Å². The fourth-order valence-corrected chi connectivity index (χ4v) is 3.58. The molecule has 2 aromatic carbocycles. The van der Waals surface area contributed by atoms with Crippen molar-refractivity contribution in [2.24, 2.45) is 0 Å². The van der Waals surface area contributed by atoms with E-state index in [0.29, 0.717) is 0 Å². The van der Waals surface area contributed by atoms with E-state index in [4.69, 9.17) is 9.15 Å². The van der Waals surface area contributed by atoms with Gasteiger partial charge >= 0.3 is 5.97 Å². The summed E-state index contributed by atoms with van der Waals surface area (Å²) in [5.74, 6) is -0.817. The van der Waals surface area contributed by atoms with Gasteiger partial charge in [-0.25, -0.2) is 0 Å². The Bertz CT molecular complexity index is 1070. The van der Waals surface area contributed by atoms with Gasteiger partial charge in [0.05, 0.1) is 12.7 Å². The maximum Gasteiger partial charge on any atom is 0.311 e. The summed E-state index contributed by atoms with van der Waals surface area (Å²) in [5.41, 5.74) is 7.57. The minimum atomic E-state index is -0.898. The minimum Gasteiger partial charge on any atom is -0.464 e. The van der Waals surface area contributed by atoms with Crippen molar-refractivity contribution in [2.75, 3.05) is 5.32 Å². The van der Waals surface area contributed by atoms with E-state index < -0.39 is 12.1 Å². The number of ether oxygens (including phenoxy) is 1. The van der Waals surface area contributed by atoms with E-state index in [1.54, 1.807) is 13.2 Å². The molecule has 3 rings (SSSR count). The maximum absolute atomic E-state index is 12.5. The molecule has 0 aliphatic heterocycles. The molecule has 0 bridgehead atoms. The molecule has 1 aromatic heterocycles. The number of aryl methyl sites for hydroxylation is 5. The Morgan fingerprint density at radius 3 is 2.34 bits per heavy atom. The molecule has 0 saturated heterocycles. The van der Waals surface area contributed by atoms with Crippen molar-refractivity contribution in [1.29, 1.82) is 0 Å². The minimum absolute atomic E-state index is 0.0513. The van der Waals surface area contributed by atoms with Gasteiger partial charge in [0.2, 0.25) is 0 Å². The molecule has 1 unspecified atom stereocenters. The summed E-state index contributed by atoms with van der Waals surface area (Å²) >= 11 is 0. The lowest BCUT2D eigenvalue weighted by Crippen LogP contribution is -2.31. The Kier molecular flexibility index (Phi) is 5.78. The van der Waals surface area contributed by atoms with E-state index in [1.807, 2.05) is 58.9 Å². The zero-order chi connectivity index (χ0) is 21.3. The van der Waals surface area contributed by atoms with E-state index in [-0.39, 0.29) is 12.3 Å². The molecule has 1 N–H and O–H groups in total. The molecular formula is C24H27NO4. The third-order valence-corrected chi connectivity index (χ3v) is 5.28. The molecule has 0 aliphatic rings. The number of nitrogens with one attached hydrogen (secondary N) is 1. The molecule has 152 valence electrons. The Morgan fingerprint density at radius 1 is 1.03 bits per heavy atom. The quantitative estimate of drug-likeness (QED) is 0.613. The number of carbonyl (C=O) groups is 2. The second-order valence-electron chi connectivity index (χ2n) is 7.72. The molecule has 1 atom stereocenters. The van der Waals surface area contributed by atoms with Crippen LogP contribution in [-0.4, -0.2) is 18.0 Å². The predicted molar refractivity (Wildman–Crippen MR) is 114 cm³/mol. The highest BCUT2D eigenvalue weighted by Gasteiger charge is 2.21. The number of amides is 1. The standard InChI is InChI=1S/C24H27NO4/c1-13-9-15(3)22(16(4)10-13)25-24(27)18(6)29-21(26)11-19-12-28-23-17(5)14(2)7-8-20(19)23/h7-10,12,18H,11H2,1-6H3,(H,25,27). The van der Waals surface area contributed by atoms with Gasteiger partial charge in [-0.2, -0.15) is 0 Å². The van der Waals surface area contributed by atoms with Gasteiger partial charge in [0, 0.05) is 16.6 Å². The average molecular weight is 393 g/mol. The van der Waals surface area contributed by atoms with Gasteiger partial charge in [-0.1, -0.05) is 29.8 Å². The number of hydrogen-bond acceptors (Lipinski definition) is 4. The van der Waals surface area contributed by atoms with E-state index in [0.717, 1.165) is 50.0 Å². The summed E-state index contributed by atoms with van der Waals surface area (Å²) in [5, 5.41) is 3.77. The average Bonchev–Trinajstić information content (AvgIpc) is 3.04. The molecule has 5 heteroatoms. The zero-order valence-electron chi connectivity index (χ0n) is 17.8. The van der Waals surface area contributed by atoms with Crippen LogP contribution in [0.2, 0.25) is 0 Å². The van der Waals surface area contributed by atoms with Gasteiger partial charge in [0.1, 0.15) is 5.58 Å². The van der Waals surface area contributed by atoms with Crippen LogP contribution in [0.15, 0.2) is 34.9 Å². The molecule has 5 nitrogen and oxygen atoms in total. The molecule has 1 heterocycles. The first kappa shape index (κ1) is 20.6. The first-order chi connectivity index (χ1) is 13.7. The fraction of sp³-hybridized carbons (Fsp3) is 0.333. The lowest BCUT2D eigenvalue weighted by molar-refractivity contribution is -0.152. The fourth-order valence-electron chi connectivity index (χ4n) is 3.58. The van der Waals surface area contributed by atoms with Crippen molar-refractivity contribution in [3.05, 3.63) is 63.9 Å². The molecule has 0 fully saturated rings. The molecule has 1 amide bonds. The summed E-state index contributed by atoms with van der Waals surface area (Å²) in [6.45, 7) is 11.5. The highest BCUT2D eigenvalue weighted by atomic mass is 16.5. The largest absolute Gasteiger partial charge is 0.464 e. The van der Waals surface area contributed by atoms with E-state index >= 15 is 0 Å². The van der Waals surface area contributed by atoms with Crippen LogP contribution in [0.5, 0.6) is 0 Å². The van der Waals surface area contributed by atoms with Gasteiger partial charge in [0.25, 0.3) is 5.91 Å². The number of anilines is 1. The van der Waals surface area contributed by atoms with Gasteiger partial charge in [0.15, 0.2) is 6.10 Å². The molecular weight excluding hydrogens is 366 g/mol. The van der Waals surface area contributed by atoms with E-state index in [9.17, 15) is 9.59 Å². The van der Waals surface area contributed by atoms with Crippen molar-refractivity contribution in [2.45, 2.75) is 54.1 Å². The SMILES string of the molecule is Cc1cc(C)c(NC(=O)C(C)OC(=O)Cc2coc3c(C)c(C)ccc23)c(C)c1. The first-order valence-corrected chi connectivity index (χ1v) is 9.72. The highest BCUT2D eigenvalue weighted by molar-refractivity contribution is 5.96. The number of rotatable bonds is 5. The summed E-state index contributed by atoms with van der Waals surface area (Å²) in [6, 6.07) is 7.97. The smallest absolute Gasteiger partial charge is 0.311 e. The number of furan rings is 1. The third kappa shape index (κ3) is 4.34. The van der Waals surface area contributed by atoms with Crippen molar-refractivity contribution < 1.29 is 18.7 Å². The van der Waals surface area contributed by atoms with E-state index in [2.05, 4.69) is 5.32 Å². The van der Waals surface area contributed by atoms with Crippen LogP contribution >= 0.6 is 0 Å². The van der Waals surface area contributed by atoms with E-state index in [1.165, 1.54) is 0 Å². The molecule has 3 aromatic rings. The van der Waals surface area contributed by atoms with Crippen LogP contribution in [0.1, 0.15) is 40.3 Å². The monoisotopic (exact) mass is 393 g/mol. The normalized spacial score (nSPS) is 12.1. The summed E-state index contributed by atoms with van der Waals surface area (Å²) in [6.07, 6.45) is 0.738. The zero-order valence-corrected chi connectivity index (χ0v) is 17.8. The van der Waals surface area contributed by atoms with Crippen LogP contribution in [0, 0.1) is 34.6 Å². The Balaban J connectivity index is 1.67. The van der Waals surface area contributed by atoms with Crippen molar-refractivity contribution in [3.63, 3.8) is 0 Å². The van der Waals surface area contributed by atoms with Gasteiger partial charge in [-0.3, -0.25) is 9.59 Å². The lowest BCUT2D eigenvalue weighted by atomic mass is 10.0. The van der Waals surface area contributed by atoms with Crippen LogP contribution in [0.4, 0.5) is 5.69 Å². The number of benzene rings is 2. The molecule has 29 heavy (non-hydrogen) atoms. The number of carbonyl (C=O) groups excluding carboxylic acids is 2. The number of fused-ring (bicyclic) bond motifs is 1. The van der Waals surface area contributed by atoms with Crippen LogP contribution < -0.4 is 5.32 Å². The van der Waals surface area contributed by atoms with Crippen molar-refractivity contribution >= 4 is 28.5 Å². The lowest BCUT2D eigenvalue weighted by Gasteiger charge is -2.16. The summed E-state index contributed by atoms with van der Waals surface area (Å²) < 4.78 is 11.0. The first-order valence-electron chi connectivity index (χ1n) is 9.72. The Labute approximate surface area is 171 Å². The molecule has 0 aliphatic carbocycles. The van der Waals surface area contributed by atoms with Gasteiger partial charge < -0.3 is 14.5 Å². The van der Waals surface area contributed by atoms with Crippen molar-refractivity contribution in [3.8, 4) is 0 Å². The second kappa shape index (κ2) is 8.11.